The van der Waals surface area contributed by atoms with Crippen molar-refractivity contribution in [1.29, 1.82) is 0 Å². The van der Waals surface area contributed by atoms with E-state index in [0.29, 0.717) is 18.0 Å². The minimum atomic E-state index is -0.554. The van der Waals surface area contributed by atoms with Gasteiger partial charge < -0.3 is 14.7 Å². The Labute approximate surface area is 148 Å². The number of hydrogen-bond acceptors (Lipinski definition) is 4. The Morgan fingerprint density at radius 2 is 2.08 bits per heavy atom. The van der Waals surface area contributed by atoms with Crippen LogP contribution in [0, 0.1) is 5.82 Å². The van der Waals surface area contributed by atoms with E-state index in [0.717, 1.165) is 25.9 Å². The number of aliphatic hydroxyl groups is 1. The lowest BCUT2D eigenvalue weighted by Gasteiger charge is -2.32. The summed E-state index contributed by atoms with van der Waals surface area (Å²) in [7, 11) is 1.94. The molecule has 0 aliphatic carbocycles. The third-order valence-electron chi connectivity index (χ3n) is 4.78. The molecule has 0 saturated carbocycles. The zero-order valence-electron chi connectivity index (χ0n) is 14.6. The zero-order valence-corrected chi connectivity index (χ0v) is 14.6. The largest absolute Gasteiger partial charge is 0.389 e. The van der Waals surface area contributed by atoms with Crippen molar-refractivity contribution in [2.24, 2.45) is 7.05 Å². The number of likely N-dealkylation sites (tertiary alicyclic amines) is 1. The number of aryl methyl sites for hydroxylation is 1. The molecule has 1 saturated heterocycles. The smallest absolute Gasteiger partial charge is 0.128 e. The number of nitrogens with zero attached hydrogens (tertiary/aromatic N) is 3. The molecule has 1 aliphatic heterocycles. The molecule has 3 rings (SSSR count). The highest BCUT2D eigenvalue weighted by Gasteiger charge is 2.23. The summed E-state index contributed by atoms with van der Waals surface area (Å²) in [6.45, 7) is 2.93. The second-order valence-corrected chi connectivity index (χ2v) is 6.78. The van der Waals surface area contributed by atoms with E-state index in [4.69, 9.17) is 4.74 Å². The Kier molecular flexibility index (Phi) is 6.18. The molecule has 25 heavy (non-hydrogen) atoms. The lowest BCUT2D eigenvalue weighted by atomic mass is 9.91. The van der Waals surface area contributed by atoms with Crippen molar-refractivity contribution in [2.75, 3.05) is 26.2 Å². The molecule has 2 heterocycles. The molecule has 1 fully saturated rings. The van der Waals surface area contributed by atoms with E-state index in [1.54, 1.807) is 18.2 Å². The molecular weight excluding hydrogens is 321 g/mol. The molecule has 0 spiro atoms. The summed E-state index contributed by atoms with van der Waals surface area (Å²) in [4.78, 5) is 2.27. The monoisotopic (exact) mass is 347 g/mol. The van der Waals surface area contributed by atoms with Crippen LogP contribution in [0.3, 0.4) is 0 Å². The maximum atomic E-state index is 13.5. The highest BCUT2D eigenvalue weighted by Crippen LogP contribution is 2.27. The van der Waals surface area contributed by atoms with Gasteiger partial charge in [-0.3, -0.25) is 4.68 Å². The summed E-state index contributed by atoms with van der Waals surface area (Å²) >= 11 is 0. The molecular formula is C19H26FN3O2. The van der Waals surface area contributed by atoms with Gasteiger partial charge in [0.05, 0.1) is 25.5 Å². The highest BCUT2D eigenvalue weighted by molar-refractivity contribution is 5.16. The molecule has 0 amide bonds. The van der Waals surface area contributed by atoms with E-state index in [1.807, 2.05) is 17.9 Å². The first-order chi connectivity index (χ1) is 12.1. The van der Waals surface area contributed by atoms with Crippen LogP contribution in [0.25, 0.3) is 0 Å². The first-order valence-electron chi connectivity index (χ1n) is 8.82. The Bertz CT molecular complexity index is 668. The fraction of sp³-hybridized carbons (Fsp3) is 0.526. The predicted octanol–water partition coefficient (Wildman–Crippen LogP) is 2.32. The highest BCUT2D eigenvalue weighted by atomic mass is 19.1. The number of β-amino-alcohol motifs (C(OH)–C–C–N with tert-alkyl or cyclic N) is 1. The molecule has 0 bridgehead atoms. The van der Waals surface area contributed by atoms with E-state index in [2.05, 4.69) is 16.2 Å². The lowest BCUT2D eigenvalue weighted by molar-refractivity contribution is 0.00550. The third-order valence-corrected chi connectivity index (χ3v) is 4.78. The van der Waals surface area contributed by atoms with Crippen molar-refractivity contribution in [3.8, 4) is 0 Å². The number of aromatic nitrogens is 2. The van der Waals surface area contributed by atoms with Crippen molar-refractivity contribution < 1.29 is 14.2 Å². The molecule has 6 heteroatoms. The normalized spacial score (nSPS) is 17.7. The van der Waals surface area contributed by atoms with Crippen LogP contribution in [-0.4, -0.2) is 52.1 Å². The summed E-state index contributed by atoms with van der Waals surface area (Å²) in [5.74, 6) is 0.286. The van der Waals surface area contributed by atoms with Gasteiger partial charge in [-0.25, -0.2) is 4.39 Å². The maximum Gasteiger partial charge on any atom is 0.128 e. The van der Waals surface area contributed by atoms with Gasteiger partial charge in [0.2, 0.25) is 0 Å². The molecule has 1 atom stereocenters. The van der Waals surface area contributed by atoms with Crippen molar-refractivity contribution in [1.82, 2.24) is 14.7 Å². The molecule has 0 unspecified atom stereocenters. The Morgan fingerprint density at radius 1 is 1.32 bits per heavy atom. The van der Waals surface area contributed by atoms with Crippen LogP contribution >= 0.6 is 0 Å². The van der Waals surface area contributed by atoms with Gasteiger partial charge in [0, 0.05) is 25.4 Å². The van der Waals surface area contributed by atoms with Crippen molar-refractivity contribution in [3.05, 3.63) is 53.6 Å². The van der Waals surface area contributed by atoms with E-state index in [1.165, 1.54) is 11.6 Å². The van der Waals surface area contributed by atoms with Crippen LogP contribution < -0.4 is 0 Å². The minimum absolute atomic E-state index is 0.187. The van der Waals surface area contributed by atoms with Crippen molar-refractivity contribution in [2.45, 2.75) is 31.5 Å². The summed E-state index contributed by atoms with van der Waals surface area (Å²) < 4.78 is 20.8. The molecule has 0 radical (unpaired) electrons. The Hall–Kier alpha value is -1.76. The average Bonchev–Trinajstić information content (AvgIpc) is 3.04. The van der Waals surface area contributed by atoms with Gasteiger partial charge in [-0.15, -0.1) is 0 Å². The summed E-state index contributed by atoms with van der Waals surface area (Å²) in [5, 5.41) is 14.4. The van der Waals surface area contributed by atoms with E-state index in [-0.39, 0.29) is 19.0 Å². The Morgan fingerprint density at radius 3 is 2.76 bits per heavy atom. The fourth-order valence-electron chi connectivity index (χ4n) is 3.37. The van der Waals surface area contributed by atoms with Crippen LogP contribution in [0.5, 0.6) is 0 Å². The van der Waals surface area contributed by atoms with Crippen LogP contribution in [0.2, 0.25) is 0 Å². The average molecular weight is 347 g/mol. The lowest BCUT2D eigenvalue weighted by Crippen LogP contribution is -2.39. The number of halogens is 1. The third kappa shape index (κ3) is 5.11. The van der Waals surface area contributed by atoms with Crippen molar-refractivity contribution >= 4 is 0 Å². The van der Waals surface area contributed by atoms with Gasteiger partial charge in [-0.05, 0) is 43.5 Å². The van der Waals surface area contributed by atoms with Gasteiger partial charge in [-0.1, -0.05) is 18.2 Å². The van der Waals surface area contributed by atoms with E-state index in [9.17, 15) is 9.50 Å². The van der Waals surface area contributed by atoms with Crippen LogP contribution in [0.1, 0.15) is 29.9 Å². The van der Waals surface area contributed by atoms with Gasteiger partial charge in [0.1, 0.15) is 5.82 Å². The summed E-state index contributed by atoms with van der Waals surface area (Å²) in [6, 6.07) is 6.56. The first kappa shape index (κ1) is 18.0. The van der Waals surface area contributed by atoms with E-state index >= 15 is 0 Å². The molecule has 5 nitrogen and oxygen atoms in total. The van der Waals surface area contributed by atoms with Gasteiger partial charge in [0.15, 0.2) is 0 Å². The van der Waals surface area contributed by atoms with Crippen LogP contribution in [-0.2, 0) is 18.4 Å². The zero-order chi connectivity index (χ0) is 17.6. The SMILES string of the molecule is Cn1cc(C2CCN(C[C@H](O)COCc3ccccc3F)CC2)cn1. The Balaban J connectivity index is 1.36. The number of aliphatic hydroxyl groups excluding tert-OH is 1. The number of piperidine rings is 1. The van der Waals surface area contributed by atoms with Crippen LogP contribution in [0.4, 0.5) is 4.39 Å². The van der Waals surface area contributed by atoms with E-state index < -0.39 is 6.10 Å². The maximum absolute atomic E-state index is 13.5. The molecule has 1 aromatic carbocycles. The molecule has 1 N–H and O–H groups in total. The molecule has 1 aromatic heterocycles. The minimum Gasteiger partial charge on any atom is -0.389 e. The number of ether oxygens (including phenoxy) is 1. The van der Waals surface area contributed by atoms with Gasteiger partial charge in [-0.2, -0.15) is 5.10 Å². The second kappa shape index (κ2) is 8.56. The van der Waals surface area contributed by atoms with Crippen LogP contribution in [0.15, 0.2) is 36.7 Å². The van der Waals surface area contributed by atoms with Gasteiger partial charge >= 0.3 is 0 Å². The molecule has 1 aliphatic rings. The predicted molar refractivity (Wildman–Crippen MR) is 93.7 cm³/mol. The van der Waals surface area contributed by atoms with Gasteiger partial charge in [0.25, 0.3) is 0 Å². The molecule has 2 aromatic rings. The number of hydrogen-bond donors (Lipinski definition) is 1. The topological polar surface area (TPSA) is 50.5 Å². The summed E-state index contributed by atoms with van der Waals surface area (Å²) in [5.41, 5.74) is 1.82. The molecule has 136 valence electrons. The number of rotatable bonds is 7. The first-order valence-corrected chi connectivity index (χ1v) is 8.82. The summed E-state index contributed by atoms with van der Waals surface area (Å²) in [6.07, 6.45) is 5.64. The van der Waals surface area contributed by atoms with Crippen molar-refractivity contribution in [3.63, 3.8) is 0 Å². The quantitative estimate of drug-likeness (QED) is 0.835. The number of benzene rings is 1. The second-order valence-electron chi connectivity index (χ2n) is 6.78. The fourth-order valence-corrected chi connectivity index (χ4v) is 3.37. The standard InChI is InChI=1S/C19H26FN3O2/c1-22-11-17(10-21-22)15-6-8-23(9-7-15)12-18(24)14-25-13-16-4-2-3-5-19(16)20/h2-5,10-11,15,18,24H,6-9,12-14H2,1H3/t18-/m0/s1.